The van der Waals surface area contributed by atoms with Crippen LogP contribution < -0.4 is 5.62 Å². The Morgan fingerprint density at radius 3 is 2.26 bits per heavy atom. The van der Waals surface area contributed by atoms with Crippen LogP contribution in [0, 0.1) is 12.3 Å². The Morgan fingerprint density at radius 2 is 1.60 bits per heavy atom. The van der Waals surface area contributed by atoms with E-state index in [2.05, 4.69) is 25.8 Å². The van der Waals surface area contributed by atoms with Crippen molar-refractivity contribution in [2.24, 2.45) is 0 Å². The van der Waals surface area contributed by atoms with Gasteiger partial charge in [0.15, 0.2) is 17.3 Å². The van der Waals surface area contributed by atoms with Crippen molar-refractivity contribution < 1.29 is 9.21 Å². The Bertz CT molecular complexity index is 1590. The van der Waals surface area contributed by atoms with Crippen LogP contribution in [0.15, 0.2) is 71.1 Å². The molecule has 0 aliphatic carbocycles. The van der Waals surface area contributed by atoms with E-state index in [1.807, 2.05) is 72.2 Å². The first-order chi connectivity index (χ1) is 16.2. The van der Waals surface area contributed by atoms with Gasteiger partial charge in [0.05, 0.1) is 24.1 Å². The number of rotatable bonds is 5. The lowest BCUT2D eigenvalue weighted by Gasteiger charge is -2.19. The zero-order valence-electron chi connectivity index (χ0n) is 20.3. The van der Waals surface area contributed by atoms with Crippen LogP contribution in [0.25, 0.3) is 22.1 Å². The normalized spacial score (nSPS) is 11.7. The molecule has 0 atom stereocenters. The third-order valence-corrected chi connectivity index (χ3v) is 6.19. The average molecular weight is 533 g/mol. The SMILES string of the molecule is Br.Cc1nc2cc(C(=O)Cn3c(=N)n(Cc4ccccc4)c4ccccc43)cc(C(C)(C)C)c2o1. The van der Waals surface area contributed by atoms with Crippen molar-refractivity contribution in [2.75, 3.05) is 0 Å². The fourth-order valence-electron chi connectivity index (χ4n) is 4.48. The van der Waals surface area contributed by atoms with Crippen molar-refractivity contribution in [3.05, 3.63) is 94.9 Å². The van der Waals surface area contributed by atoms with Crippen molar-refractivity contribution in [3.63, 3.8) is 0 Å². The van der Waals surface area contributed by atoms with Gasteiger partial charge >= 0.3 is 0 Å². The highest BCUT2D eigenvalue weighted by atomic mass is 79.9. The van der Waals surface area contributed by atoms with E-state index < -0.39 is 0 Å². The molecule has 0 bridgehead atoms. The number of nitrogens with zero attached hydrogens (tertiary/aromatic N) is 3. The second-order valence-electron chi connectivity index (χ2n) is 9.75. The van der Waals surface area contributed by atoms with Gasteiger partial charge in [-0.1, -0.05) is 63.2 Å². The van der Waals surface area contributed by atoms with Gasteiger partial charge in [-0.15, -0.1) is 17.0 Å². The number of aryl methyl sites for hydroxylation is 1. The Hall–Kier alpha value is -3.45. The molecule has 180 valence electrons. The van der Waals surface area contributed by atoms with Crippen LogP contribution in [-0.2, 0) is 18.5 Å². The minimum Gasteiger partial charge on any atom is -0.441 e. The number of carbonyl (C=O) groups is 1. The summed E-state index contributed by atoms with van der Waals surface area (Å²) >= 11 is 0. The Morgan fingerprint density at radius 1 is 0.971 bits per heavy atom. The van der Waals surface area contributed by atoms with E-state index in [0.717, 1.165) is 27.7 Å². The number of imidazole rings is 1. The lowest BCUT2D eigenvalue weighted by molar-refractivity contribution is 0.0971. The summed E-state index contributed by atoms with van der Waals surface area (Å²) < 4.78 is 9.59. The van der Waals surface area contributed by atoms with Gasteiger partial charge in [-0.3, -0.25) is 10.2 Å². The fraction of sp³-hybridized carbons (Fsp3) is 0.250. The summed E-state index contributed by atoms with van der Waals surface area (Å²) in [6.07, 6.45) is 0. The third-order valence-electron chi connectivity index (χ3n) is 6.19. The van der Waals surface area contributed by atoms with E-state index >= 15 is 0 Å². The van der Waals surface area contributed by atoms with E-state index in [1.54, 1.807) is 10.6 Å². The summed E-state index contributed by atoms with van der Waals surface area (Å²) in [5, 5.41) is 8.90. The van der Waals surface area contributed by atoms with Gasteiger partial charge in [0.2, 0.25) is 5.62 Å². The van der Waals surface area contributed by atoms with Gasteiger partial charge in [-0.05, 0) is 35.2 Å². The number of benzene rings is 3. The second-order valence-corrected chi connectivity index (χ2v) is 9.75. The lowest BCUT2D eigenvalue weighted by Crippen LogP contribution is -2.27. The van der Waals surface area contributed by atoms with Gasteiger partial charge in [-0.25, -0.2) is 4.98 Å². The zero-order chi connectivity index (χ0) is 24.0. The van der Waals surface area contributed by atoms with Crippen molar-refractivity contribution >= 4 is 44.9 Å². The molecular weight excluding hydrogens is 504 g/mol. The monoisotopic (exact) mass is 532 g/mol. The molecule has 35 heavy (non-hydrogen) atoms. The zero-order valence-corrected chi connectivity index (χ0v) is 22.0. The predicted octanol–water partition coefficient (Wildman–Crippen LogP) is 6.18. The largest absolute Gasteiger partial charge is 0.441 e. The van der Waals surface area contributed by atoms with Gasteiger partial charge < -0.3 is 13.6 Å². The molecule has 0 unspecified atom stereocenters. The number of aromatic nitrogens is 3. The number of nitrogens with one attached hydrogen (secondary N) is 1. The summed E-state index contributed by atoms with van der Waals surface area (Å²) in [6.45, 7) is 8.76. The molecule has 0 spiro atoms. The van der Waals surface area contributed by atoms with E-state index in [4.69, 9.17) is 9.83 Å². The number of fused-ring (bicyclic) bond motifs is 2. The van der Waals surface area contributed by atoms with E-state index in [9.17, 15) is 4.79 Å². The van der Waals surface area contributed by atoms with Crippen molar-refractivity contribution in [1.29, 1.82) is 5.41 Å². The van der Waals surface area contributed by atoms with E-state index in [1.165, 1.54) is 0 Å². The maximum absolute atomic E-state index is 13.5. The molecule has 0 fully saturated rings. The first-order valence-corrected chi connectivity index (χ1v) is 11.4. The molecular formula is C28H29BrN4O2. The molecule has 3 aromatic carbocycles. The van der Waals surface area contributed by atoms with E-state index in [-0.39, 0.29) is 34.7 Å². The smallest absolute Gasteiger partial charge is 0.203 e. The van der Waals surface area contributed by atoms with Crippen LogP contribution in [-0.4, -0.2) is 19.9 Å². The Balaban J connectivity index is 0.00000289. The third kappa shape index (κ3) is 4.60. The molecule has 2 aromatic heterocycles. The number of hydrogen-bond donors (Lipinski definition) is 1. The minimum absolute atomic E-state index is 0. The molecule has 0 saturated heterocycles. The second kappa shape index (κ2) is 9.30. The summed E-state index contributed by atoms with van der Waals surface area (Å²) in [7, 11) is 0. The quantitative estimate of drug-likeness (QED) is 0.274. The number of hydrogen-bond acceptors (Lipinski definition) is 4. The van der Waals surface area contributed by atoms with Crippen molar-refractivity contribution in [3.8, 4) is 0 Å². The average Bonchev–Trinajstić information content (AvgIpc) is 3.30. The summed E-state index contributed by atoms with van der Waals surface area (Å²) in [5.74, 6) is 0.520. The van der Waals surface area contributed by atoms with Crippen LogP contribution in [0.1, 0.15) is 48.1 Å². The highest BCUT2D eigenvalue weighted by molar-refractivity contribution is 8.93. The molecule has 1 N–H and O–H groups in total. The molecule has 0 aliphatic rings. The molecule has 5 aromatic rings. The van der Waals surface area contributed by atoms with Crippen LogP contribution in [0.4, 0.5) is 0 Å². The number of carbonyl (C=O) groups excluding carboxylic acids is 1. The van der Waals surface area contributed by atoms with Crippen LogP contribution in [0.5, 0.6) is 0 Å². The number of ketones is 1. The molecule has 6 nitrogen and oxygen atoms in total. The molecule has 2 heterocycles. The fourth-order valence-corrected chi connectivity index (χ4v) is 4.48. The predicted molar refractivity (Wildman–Crippen MR) is 143 cm³/mol. The minimum atomic E-state index is -0.208. The number of para-hydroxylation sites is 2. The maximum Gasteiger partial charge on any atom is 0.203 e. The van der Waals surface area contributed by atoms with Crippen LogP contribution in [0.3, 0.4) is 0 Å². The summed E-state index contributed by atoms with van der Waals surface area (Å²) in [5.41, 5.74) is 5.96. The first kappa shape index (κ1) is 24.7. The summed E-state index contributed by atoms with van der Waals surface area (Å²) in [4.78, 5) is 18.0. The summed E-state index contributed by atoms with van der Waals surface area (Å²) in [6, 6.07) is 21.7. The highest BCUT2D eigenvalue weighted by Gasteiger charge is 2.24. The van der Waals surface area contributed by atoms with Gasteiger partial charge in [0.1, 0.15) is 5.52 Å². The number of halogens is 1. The Kier molecular flexibility index (Phi) is 6.56. The van der Waals surface area contributed by atoms with Crippen molar-refractivity contribution in [1.82, 2.24) is 14.1 Å². The van der Waals surface area contributed by atoms with Crippen molar-refractivity contribution in [2.45, 2.75) is 46.2 Å². The first-order valence-electron chi connectivity index (χ1n) is 11.4. The van der Waals surface area contributed by atoms with Gasteiger partial charge in [0, 0.05) is 18.1 Å². The molecule has 5 rings (SSSR count). The highest BCUT2D eigenvalue weighted by Crippen LogP contribution is 2.32. The lowest BCUT2D eigenvalue weighted by atomic mass is 9.85. The molecule has 0 radical (unpaired) electrons. The topological polar surface area (TPSA) is 76.8 Å². The standard InChI is InChI=1S/C28H28N4O2.BrH/c1-18-30-22-15-20(14-21(26(22)34-18)28(2,3)4)25(33)17-32-24-13-9-8-12-23(24)31(27(32)29)16-19-10-6-5-7-11-19;/h5-15,29H,16-17H2,1-4H3;1H. The molecule has 0 amide bonds. The molecule has 0 aliphatic heterocycles. The van der Waals surface area contributed by atoms with Gasteiger partial charge in [-0.2, -0.15) is 0 Å². The van der Waals surface area contributed by atoms with Gasteiger partial charge in [0.25, 0.3) is 0 Å². The van der Waals surface area contributed by atoms with Crippen LogP contribution in [0.2, 0.25) is 0 Å². The maximum atomic E-state index is 13.5. The van der Waals surface area contributed by atoms with E-state index in [0.29, 0.717) is 29.1 Å². The number of oxazole rings is 1. The number of Topliss-reactive ketones (excluding diaryl/α,β-unsaturated/α-hetero) is 1. The van der Waals surface area contributed by atoms with Crippen LogP contribution >= 0.6 is 17.0 Å². The molecule has 0 saturated carbocycles. The molecule has 7 heteroatoms. The Labute approximate surface area is 214 Å².